The predicted octanol–water partition coefficient (Wildman–Crippen LogP) is 2.97. The highest BCUT2D eigenvalue weighted by molar-refractivity contribution is 7.99. The third-order valence-corrected chi connectivity index (χ3v) is 7.69. The Morgan fingerprint density at radius 2 is 2.04 bits per heavy atom. The van der Waals surface area contributed by atoms with E-state index in [2.05, 4.69) is 9.62 Å². The van der Waals surface area contributed by atoms with Gasteiger partial charge in [0.2, 0.25) is 10.0 Å². The van der Waals surface area contributed by atoms with Gasteiger partial charge in [0.05, 0.1) is 9.92 Å². The van der Waals surface area contributed by atoms with Gasteiger partial charge in [0.1, 0.15) is 5.82 Å². The number of nitrogens with zero attached hydrogens (tertiary/aromatic N) is 1. The van der Waals surface area contributed by atoms with E-state index in [-0.39, 0.29) is 9.92 Å². The molecule has 0 radical (unpaired) electrons. The Bertz CT molecular complexity index is 673. The van der Waals surface area contributed by atoms with Gasteiger partial charge in [-0.1, -0.05) is 11.6 Å². The van der Waals surface area contributed by atoms with Gasteiger partial charge in [0, 0.05) is 18.3 Å². The lowest BCUT2D eigenvalue weighted by atomic mass is 9.96. The number of hydrogen-bond donors (Lipinski definition) is 1. The van der Waals surface area contributed by atoms with Crippen molar-refractivity contribution in [3.8, 4) is 0 Å². The van der Waals surface area contributed by atoms with Crippen molar-refractivity contribution in [2.75, 3.05) is 31.1 Å². The summed E-state index contributed by atoms with van der Waals surface area (Å²) in [5.74, 6) is 2.21. The Labute approximate surface area is 152 Å². The smallest absolute Gasteiger partial charge is 0.240 e. The molecule has 0 saturated carbocycles. The molecule has 1 aromatic carbocycles. The van der Waals surface area contributed by atoms with Crippen molar-refractivity contribution >= 4 is 33.4 Å². The van der Waals surface area contributed by atoms with Gasteiger partial charge in [-0.25, -0.2) is 17.5 Å². The Balaban J connectivity index is 1.51. The topological polar surface area (TPSA) is 49.4 Å². The average molecular weight is 393 g/mol. The van der Waals surface area contributed by atoms with Gasteiger partial charge in [-0.2, -0.15) is 11.8 Å². The molecule has 4 nitrogen and oxygen atoms in total. The van der Waals surface area contributed by atoms with E-state index >= 15 is 0 Å². The number of likely N-dealkylation sites (tertiary alicyclic amines) is 1. The van der Waals surface area contributed by atoms with E-state index < -0.39 is 15.8 Å². The molecule has 2 saturated heterocycles. The minimum absolute atomic E-state index is 0.00863. The molecule has 0 aromatic heterocycles. The molecular weight excluding hydrogens is 371 g/mol. The molecule has 0 aliphatic carbocycles. The highest BCUT2D eigenvalue weighted by Crippen LogP contribution is 2.27. The molecule has 0 bridgehead atoms. The molecule has 8 heteroatoms. The minimum atomic E-state index is -3.65. The number of piperidine rings is 1. The summed E-state index contributed by atoms with van der Waals surface area (Å²) in [6.45, 7) is 2.50. The van der Waals surface area contributed by atoms with Gasteiger partial charge in [-0.15, -0.1) is 0 Å². The van der Waals surface area contributed by atoms with Gasteiger partial charge in [0.25, 0.3) is 0 Å². The molecule has 1 atom stereocenters. The standard InChI is InChI=1S/C16H22ClFN2O2S2/c17-15-9-14(1-2-16(15)18)24(21,22)19-10-12-3-6-20(7-4-12)13-5-8-23-11-13/h1-2,9,12-13,19H,3-8,10-11H2. The Morgan fingerprint density at radius 1 is 1.29 bits per heavy atom. The Morgan fingerprint density at radius 3 is 2.67 bits per heavy atom. The van der Waals surface area contributed by atoms with E-state index in [4.69, 9.17) is 11.6 Å². The normalized spacial score (nSPS) is 23.7. The molecule has 0 spiro atoms. The molecule has 2 aliphatic heterocycles. The second-order valence-electron chi connectivity index (χ2n) is 6.42. The quantitative estimate of drug-likeness (QED) is 0.836. The summed E-state index contributed by atoms with van der Waals surface area (Å²) in [4.78, 5) is 2.56. The summed E-state index contributed by atoms with van der Waals surface area (Å²) in [5.41, 5.74) is 0. The van der Waals surface area contributed by atoms with E-state index in [0.29, 0.717) is 18.5 Å². The van der Waals surface area contributed by atoms with Crippen molar-refractivity contribution in [3.05, 3.63) is 29.0 Å². The van der Waals surface area contributed by atoms with Crippen LogP contribution in [0.4, 0.5) is 4.39 Å². The van der Waals surface area contributed by atoms with E-state index in [0.717, 1.165) is 38.1 Å². The molecule has 134 valence electrons. The second-order valence-corrected chi connectivity index (χ2v) is 9.75. The van der Waals surface area contributed by atoms with Crippen molar-refractivity contribution in [2.24, 2.45) is 5.92 Å². The van der Waals surface area contributed by atoms with Crippen LogP contribution in [0.25, 0.3) is 0 Å². The fourth-order valence-electron chi connectivity index (χ4n) is 3.29. The third kappa shape index (κ3) is 4.43. The van der Waals surface area contributed by atoms with Gasteiger partial charge in [-0.3, -0.25) is 4.90 Å². The van der Waals surface area contributed by atoms with Crippen molar-refractivity contribution in [1.82, 2.24) is 9.62 Å². The highest BCUT2D eigenvalue weighted by atomic mass is 35.5. The first-order valence-corrected chi connectivity index (χ1v) is 11.2. The average Bonchev–Trinajstić information content (AvgIpc) is 3.10. The van der Waals surface area contributed by atoms with Crippen molar-refractivity contribution in [2.45, 2.75) is 30.2 Å². The van der Waals surface area contributed by atoms with E-state index in [9.17, 15) is 12.8 Å². The van der Waals surface area contributed by atoms with Crippen LogP contribution in [0.3, 0.4) is 0 Å². The van der Waals surface area contributed by atoms with Crippen LogP contribution in [0.1, 0.15) is 19.3 Å². The first-order chi connectivity index (χ1) is 11.5. The molecule has 2 heterocycles. The second kappa shape index (κ2) is 7.91. The summed E-state index contributed by atoms with van der Waals surface area (Å²) < 4.78 is 40.4. The fraction of sp³-hybridized carbons (Fsp3) is 0.625. The molecule has 2 fully saturated rings. The zero-order valence-corrected chi connectivity index (χ0v) is 15.8. The highest BCUT2D eigenvalue weighted by Gasteiger charge is 2.28. The molecule has 1 aromatic rings. The maximum atomic E-state index is 13.2. The van der Waals surface area contributed by atoms with Crippen LogP contribution in [0.15, 0.2) is 23.1 Å². The number of nitrogens with one attached hydrogen (secondary N) is 1. The number of hydrogen-bond acceptors (Lipinski definition) is 4. The van der Waals surface area contributed by atoms with Crippen LogP contribution in [-0.2, 0) is 10.0 Å². The van der Waals surface area contributed by atoms with Gasteiger partial charge in [0.15, 0.2) is 0 Å². The summed E-state index contributed by atoms with van der Waals surface area (Å²) in [6, 6.07) is 4.17. The number of benzene rings is 1. The molecule has 1 unspecified atom stereocenters. The SMILES string of the molecule is O=S(=O)(NCC1CCN(C2CCSC2)CC1)c1ccc(F)c(Cl)c1. The lowest BCUT2D eigenvalue weighted by molar-refractivity contribution is 0.145. The molecule has 24 heavy (non-hydrogen) atoms. The van der Waals surface area contributed by atoms with Gasteiger partial charge in [-0.05, 0) is 62.2 Å². The molecule has 3 rings (SSSR count). The minimum Gasteiger partial charge on any atom is -0.300 e. The summed E-state index contributed by atoms with van der Waals surface area (Å²) in [7, 11) is -3.65. The largest absolute Gasteiger partial charge is 0.300 e. The first-order valence-electron chi connectivity index (χ1n) is 8.22. The molecule has 0 amide bonds. The van der Waals surface area contributed by atoms with Gasteiger partial charge < -0.3 is 0 Å². The molecule has 1 N–H and O–H groups in total. The van der Waals surface area contributed by atoms with E-state index in [1.54, 1.807) is 0 Å². The lowest BCUT2D eigenvalue weighted by Gasteiger charge is -2.35. The van der Waals surface area contributed by atoms with Crippen molar-refractivity contribution in [3.63, 3.8) is 0 Å². The zero-order chi connectivity index (χ0) is 17.2. The Hall–Kier alpha value is -0.340. The molecule has 2 aliphatic rings. The van der Waals surface area contributed by atoms with E-state index in [1.807, 2.05) is 11.8 Å². The van der Waals surface area contributed by atoms with Crippen molar-refractivity contribution < 1.29 is 12.8 Å². The Kier molecular flexibility index (Phi) is 6.08. The number of sulfonamides is 1. The lowest BCUT2D eigenvalue weighted by Crippen LogP contribution is -2.43. The van der Waals surface area contributed by atoms with Crippen LogP contribution in [0.5, 0.6) is 0 Å². The predicted molar refractivity (Wildman–Crippen MR) is 96.6 cm³/mol. The van der Waals surface area contributed by atoms with Crippen LogP contribution in [0, 0.1) is 11.7 Å². The van der Waals surface area contributed by atoms with Crippen molar-refractivity contribution in [1.29, 1.82) is 0 Å². The fourth-order valence-corrected chi connectivity index (χ4v) is 5.93. The monoisotopic (exact) mass is 392 g/mol. The number of halogens is 2. The summed E-state index contributed by atoms with van der Waals surface area (Å²) in [5, 5.41) is -0.180. The number of thioether (sulfide) groups is 1. The zero-order valence-electron chi connectivity index (χ0n) is 13.4. The number of rotatable bonds is 5. The van der Waals surface area contributed by atoms with E-state index in [1.165, 1.54) is 24.0 Å². The first kappa shape index (κ1) is 18.5. The molecular formula is C16H22ClFN2O2S2. The van der Waals surface area contributed by atoms with Crippen LogP contribution in [0.2, 0.25) is 5.02 Å². The summed E-state index contributed by atoms with van der Waals surface area (Å²) >= 11 is 7.69. The maximum Gasteiger partial charge on any atom is 0.240 e. The van der Waals surface area contributed by atoms with Crippen LogP contribution < -0.4 is 4.72 Å². The van der Waals surface area contributed by atoms with Crippen LogP contribution in [-0.4, -0.2) is 50.5 Å². The van der Waals surface area contributed by atoms with Gasteiger partial charge >= 0.3 is 0 Å². The van der Waals surface area contributed by atoms with Crippen LogP contribution >= 0.6 is 23.4 Å². The maximum absolute atomic E-state index is 13.2. The third-order valence-electron chi connectivity index (χ3n) is 4.83. The summed E-state index contributed by atoms with van der Waals surface area (Å²) in [6.07, 6.45) is 3.29.